The summed E-state index contributed by atoms with van der Waals surface area (Å²) in [7, 11) is 2.19. The molecule has 1 N–H and O–H groups in total. The Morgan fingerprint density at radius 3 is 2.52 bits per heavy atom. The third kappa shape index (κ3) is 7.30. The van der Waals surface area contributed by atoms with E-state index in [1.54, 1.807) is 0 Å². The lowest BCUT2D eigenvalue weighted by molar-refractivity contribution is 0.255. The summed E-state index contributed by atoms with van der Waals surface area (Å²) < 4.78 is 0. The summed E-state index contributed by atoms with van der Waals surface area (Å²) in [6, 6.07) is 8.54. The van der Waals surface area contributed by atoms with Crippen LogP contribution in [0.3, 0.4) is 0 Å². The molecule has 120 valence electrons. The Balaban J connectivity index is 2.16. The monoisotopic (exact) mass is 310 g/mol. The molecule has 0 heterocycles. The number of unbranched alkanes of at least 4 members (excludes halogenated alkanes) is 3. The van der Waals surface area contributed by atoms with E-state index in [1.165, 1.54) is 44.2 Å². The fourth-order valence-electron chi connectivity index (χ4n) is 2.51. The highest BCUT2D eigenvalue weighted by molar-refractivity contribution is 6.31. The van der Waals surface area contributed by atoms with Crippen LogP contribution in [0.25, 0.3) is 0 Å². The predicted octanol–water partition coefficient (Wildman–Crippen LogP) is 4.89. The number of hydrogen-bond acceptors (Lipinski definition) is 2. The first-order valence-electron chi connectivity index (χ1n) is 8.32. The molecule has 0 aliphatic heterocycles. The van der Waals surface area contributed by atoms with Crippen molar-refractivity contribution < 1.29 is 0 Å². The summed E-state index contributed by atoms with van der Waals surface area (Å²) in [4.78, 5) is 2.40. The third-order valence-electron chi connectivity index (χ3n) is 4.06. The summed E-state index contributed by atoms with van der Waals surface area (Å²) in [5.74, 6) is 0. The molecule has 1 rings (SSSR count). The van der Waals surface area contributed by atoms with Crippen LogP contribution in [0.4, 0.5) is 0 Å². The molecule has 0 aliphatic carbocycles. The van der Waals surface area contributed by atoms with Crippen LogP contribution in [0.15, 0.2) is 24.3 Å². The van der Waals surface area contributed by atoms with Crippen LogP contribution in [0.5, 0.6) is 0 Å². The number of rotatable bonds is 11. The molecule has 3 heteroatoms. The lowest BCUT2D eigenvalue weighted by atomic mass is 10.1. The molecule has 0 amide bonds. The van der Waals surface area contributed by atoms with E-state index in [-0.39, 0.29) is 0 Å². The maximum absolute atomic E-state index is 6.27. The molecule has 0 saturated carbocycles. The molecule has 1 aromatic carbocycles. The van der Waals surface area contributed by atoms with Gasteiger partial charge in [-0.05, 0) is 64.5 Å². The Morgan fingerprint density at radius 1 is 1.10 bits per heavy atom. The van der Waals surface area contributed by atoms with Crippen molar-refractivity contribution >= 4 is 11.6 Å². The molecule has 0 aliphatic rings. The maximum Gasteiger partial charge on any atom is 0.0453 e. The normalized spacial score (nSPS) is 12.8. The SMILES string of the molecule is CCCNCCCCCCN(C)C(C)c1ccccc1Cl. The highest BCUT2D eigenvalue weighted by atomic mass is 35.5. The lowest BCUT2D eigenvalue weighted by Gasteiger charge is -2.25. The van der Waals surface area contributed by atoms with Crippen LogP contribution < -0.4 is 5.32 Å². The zero-order chi connectivity index (χ0) is 15.5. The second-order valence-corrected chi connectivity index (χ2v) is 6.25. The summed E-state index contributed by atoms with van der Waals surface area (Å²) >= 11 is 6.27. The van der Waals surface area contributed by atoms with Crippen LogP contribution in [0.1, 0.15) is 57.6 Å². The molecular formula is C18H31ClN2. The van der Waals surface area contributed by atoms with E-state index in [4.69, 9.17) is 11.6 Å². The Hall–Kier alpha value is -0.570. The van der Waals surface area contributed by atoms with Gasteiger partial charge in [-0.1, -0.05) is 49.6 Å². The van der Waals surface area contributed by atoms with Gasteiger partial charge >= 0.3 is 0 Å². The Kier molecular flexibility index (Phi) is 9.73. The topological polar surface area (TPSA) is 15.3 Å². The first-order chi connectivity index (χ1) is 10.2. The van der Waals surface area contributed by atoms with Crippen molar-refractivity contribution in [3.8, 4) is 0 Å². The zero-order valence-electron chi connectivity index (χ0n) is 13.9. The van der Waals surface area contributed by atoms with E-state index < -0.39 is 0 Å². The van der Waals surface area contributed by atoms with E-state index >= 15 is 0 Å². The van der Waals surface area contributed by atoms with Crippen LogP contribution in [0, 0.1) is 0 Å². The molecule has 2 nitrogen and oxygen atoms in total. The maximum atomic E-state index is 6.27. The van der Waals surface area contributed by atoms with Crippen LogP contribution in [-0.2, 0) is 0 Å². The Labute approximate surface area is 135 Å². The molecule has 0 radical (unpaired) electrons. The molecule has 0 bridgehead atoms. The van der Waals surface area contributed by atoms with Crippen molar-refractivity contribution in [3.63, 3.8) is 0 Å². The van der Waals surface area contributed by atoms with Gasteiger partial charge in [-0.3, -0.25) is 4.90 Å². The van der Waals surface area contributed by atoms with E-state index in [1.807, 2.05) is 12.1 Å². The second-order valence-electron chi connectivity index (χ2n) is 5.84. The fourth-order valence-corrected chi connectivity index (χ4v) is 2.81. The molecule has 1 aromatic rings. The highest BCUT2D eigenvalue weighted by Crippen LogP contribution is 2.26. The number of nitrogens with zero attached hydrogens (tertiary/aromatic N) is 1. The summed E-state index contributed by atoms with van der Waals surface area (Å²) in [5.41, 5.74) is 1.23. The molecule has 1 atom stereocenters. The molecule has 21 heavy (non-hydrogen) atoms. The van der Waals surface area contributed by atoms with Gasteiger partial charge in [0.2, 0.25) is 0 Å². The van der Waals surface area contributed by atoms with Crippen molar-refractivity contribution in [1.82, 2.24) is 10.2 Å². The van der Waals surface area contributed by atoms with Gasteiger partial charge in [-0.15, -0.1) is 0 Å². The second kappa shape index (κ2) is 11.1. The number of halogens is 1. The fraction of sp³-hybridized carbons (Fsp3) is 0.667. The van der Waals surface area contributed by atoms with E-state index in [9.17, 15) is 0 Å². The molecule has 0 fully saturated rings. The van der Waals surface area contributed by atoms with Crippen molar-refractivity contribution in [2.24, 2.45) is 0 Å². The van der Waals surface area contributed by atoms with Gasteiger partial charge < -0.3 is 5.32 Å². The molecule has 0 aromatic heterocycles. The third-order valence-corrected chi connectivity index (χ3v) is 4.40. The lowest BCUT2D eigenvalue weighted by Crippen LogP contribution is -2.23. The van der Waals surface area contributed by atoms with Gasteiger partial charge in [0.05, 0.1) is 0 Å². The first kappa shape index (κ1) is 18.5. The van der Waals surface area contributed by atoms with Crippen molar-refractivity contribution in [2.45, 2.75) is 52.0 Å². The van der Waals surface area contributed by atoms with Crippen LogP contribution in [0.2, 0.25) is 5.02 Å². The van der Waals surface area contributed by atoms with E-state index in [0.717, 1.165) is 18.1 Å². The summed E-state index contributed by atoms with van der Waals surface area (Å²) in [6.45, 7) is 7.89. The minimum atomic E-state index is 0.380. The molecule has 0 spiro atoms. The Morgan fingerprint density at radius 2 is 1.81 bits per heavy atom. The van der Waals surface area contributed by atoms with Gasteiger partial charge in [0.15, 0.2) is 0 Å². The number of nitrogens with one attached hydrogen (secondary N) is 1. The highest BCUT2D eigenvalue weighted by Gasteiger charge is 2.13. The first-order valence-corrected chi connectivity index (χ1v) is 8.70. The quantitative estimate of drug-likeness (QED) is 0.585. The average molecular weight is 311 g/mol. The minimum absolute atomic E-state index is 0.380. The van der Waals surface area contributed by atoms with E-state index in [2.05, 4.69) is 43.2 Å². The van der Waals surface area contributed by atoms with Crippen LogP contribution in [-0.4, -0.2) is 31.6 Å². The summed E-state index contributed by atoms with van der Waals surface area (Å²) in [6.07, 6.45) is 6.42. The standard InChI is InChI=1S/C18H31ClN2/c1-4-13-20-14-9-5-6-10-15-21(3)16(2)17-11-7-8-12-18(17)19/h7-8,11-12,16,20H,4-6,9-10,13-15H2,1-3H3. The zero-order valence-corrected chi connectivity index (χ0v) is 14.6. The van der Waals surface area contributed by atoms with Gasteiger partial charge in [0.1, 0.15) is 0 Å². The van der Waals surface area contributed by atoms with Gasteiger partial charge in [0.25, 0.3) is 0 Å². The van der Waals surface area contributed by atoms with Gasteiger partial charge in [0, 0.05) is 11.1 Å². The van der Waals surface area contributed by atoms with Crippen molar-refractivity contribution in [1.29, 1.82) is 0 Å². The van der Waals surface area contributed by atoms with Crippen molar-refractivity contribution in [3.05, 3.63) is 34.9 Å². The van der Waals surface area contributed by atoms with Crippen molar-refractivity contribution in [2.75, 3.05) is 26.7 Å². The molecular weight excluding hydrogens is 280 g/mol. The van der Waals surface area contributed by atoms with E-state index in [0.29, 0.717) is 6.04 Å². The summed E-state index contributed by atoms with van der Waals surface area (Å²) in [5, 5.41) is 4.33. The predicted molar refractivity (Wildman–Crippen MR) is 94.1 cm³/mol. The minimum Gasteiger partial charge on any atom is -0.317 e. The van der Waals surface area contributed by atoms with Gasteiger partial charge in [-0.2, -0.15) is 0 Å². The average Bonchev–Trinajstić information content (AvgIpc) is 2.49. The number of hydrogen-bond donors (Lipinski definition) is 1. The molecule has 0 saturated heterocycles. The van der Waals surface area contributed by atoms with Gasteiger partial charge in [-0.25, -0.2) is 0 Å². The largest absolute Gasteiger partial charge is 0.317 e. The molecule has 1 unspecified atom stereocenters. The van der Waals surface area contributed by atoms with Crippen LogP contribution >= 0.6 is 11.6 Å². The number of benzene rings is 1. The Bertz CT molecular complexity index is 381. The smallest absolute Gasteiger partial charge is 0.0453 e.